The number of amides is 1. The van der Waals surface area contributed by atoms with Gasteiger partial charge in [-0.2, -0.15) is 0 Å². The van der Waals surface area contributed by atoms with E-state index in [-0.39, 0.29) is 11.2 Å². The normalized spacial score (nSPS) is 12.0. The molecule has 0 saturated heterocycles. The van der Waals surface area contributed by atoms with Crippen molar-refractivity contribution >= 4 is 35.0 Å². The molecular weight excluding hydrogens is 356 g/mol. The first-order valence-corrected chi connectivity index (χ1v) is 8.97. The molecule has 0 unspecified atom stereocenters. The minimum atomic E-state index is -0.313. The van der Waals surface area contributed by atoms with Crippen LogP contribution in [0.3, 0.4) is 0 Å². The highest BCUT2D eigenvalue weighted by Crippen LogP contribution is 2.27. The number of carbonyl (C=O) groups is 1. The lowest BCUT2D eigenvalue weighted by Crippen LogP contribution is -2.33. The lowest BCUT2D eigenvalue weighted by atomic mass is 10.3. The first-order valence-electron chi connectivity index (χ1n) is 7.71. The summed E-state index contributed by atoms with van der Waals surface area (Å²) in [7, 11) is 1.77. The molecule has 0 N–H and O–H groups in total. The summed E-state index contributed by atoms with van der Waals surface area (Å²) in [5.41, 5.74) is 1.72. The van der Waals surface area contributed by atoms with Crippen molar-refractivity contribution in [2.75, 3.05) is 11.9 Å². The molecule has 1 aromatic heterocycles. The Morgan fingerprint density at radius 1 is 1.20 bits per heavy atom. The summed E-state index contributed by atoms with van der Waals surface area (Å²) in [5.74, 6) is -0.00292. The highest BCUT2D eigenvalue weighted by molar-refractivity contribution is 8.00. The van der Waals surface area contributed by atoms with Gasteiger partial charge in [-0.1, -0.05) is 47.6 Å². The molecule has 1 heterocycles. The molecule has 0 aliphatic heterocycles. The van der Waals surface area contributed by atoms with Gasteiger partial charge in [0.2, 0.25) is 5.91 Å². The van der Waals surface area contributed by atoms with E-state index in [2.05, 4.69) is 10.2 Å². The van der Waals surface area contributed by atoms with Crippen LogP contribution in [-0.4, -0.2) is 33.0 Å². The number of hydrogen-bond donors (Lipinski definition) is 0. The summed E-state index contributed by atoms with van der Waals surface area (Å²) in [6, 6.07) is 17.0. The number of carbonyl (C=O) groups excluding carboxylic acids is 1. The highest BCUT2D eigenvalue weighted by Gasteiger charge is 2.22. The van der Waals surface area contributed by atoms with Crippen molar-refractivity contribution in [3.05, 3.63) is 65.9 Å². The number of anilines is 1. The van der Waals surface area contributed by atoms with E-state index in [0.717, 1.165) is 11.4 Å². The predicted molar refractivity (Wildman–Crippen MR) is 102 cm³/mol. The molecule has 0 aliphatic carbocycles. The van der Waals surface area contributed by atoms with E-state index >= 15 is 0 Å². The smallest absolute Gasteiger partial charge is 0.240 e. The van der Waals surface area contributed by atoms with Gasteiger partial charge in [0.05, 0.1) is 10.9 Å². The van der Waals surface area contributed by atoms with Crippen LogP contribution in [0.1, 0.15) is 6.92 Å². The fourth-order valence-electron chi connectivity index (χ4n) is 2.37. The van der Waals surface area contributed by atoms with Gasteiger partial charge in [-0.15, -0.1) is 10.2 Å². The maximum Gasteiger partial charge on any atom is 0.240 e. The molecule has 0 spiro atoms. The van der Waals surface area contributed by atoms with E-state index in [1.807, 2.05) is 66.1 Å². The second-order valence-electron chi connectivity index (χ2n) is 5.46. The maximum atomic E-state index is 12.7. The van der Waals surface area contributed by atoms with Gasteiger partial charge < -0.3 is 4.90 Å². The van der Waals surface area contributed by atoms with Crippen molar-refractivity contribution in [2.24, 2.45) is 0 Å². The summed E-state index contributed by atoms with van der Waals surface area (Å²) in [6.07, 6.45) is 1.62. The van der Waals surface area contributed by atoms with Crippen LogP contribution >= 0.6 is 23.4 Å². The van der Waals surface area contributed by atoms with Gasteiger partial charge in [0.1, 0.15) is 6.33 Å². The molecule has 0 bridgehead atoms. The topological polar surface area (TPSA) is 51.0 Å². The number of thioether (sulfide) groups is 1. The summed E-state index contributed by atoms with van der Waals surface area (Å²) in [6.45, 7) is 1.86. The standard InChI is InChI=1S/C18H17ClN4OS/c1-13(17(24)22(2)15-8-4-3-5-9-15)25-18-21-20-12-23(18)16-10-6-7-14(19)11-16/h3-13H,1-2H3/t13-/m1/s1. The van der Waals surface area contributed by atoms with Crippen molar-refractivity contribution in [2.45, 2.75) is 17.3 Å². The molecule has 3 aromatic rings. The number of aromatic nitrogens is 3. The molecule has 25 heavy (non-hydrogen) atoms. The highest BCUT2D eigenvalue weighted by atomic mass is 35.5. The fourth-order valence-corrected chi connectivity index (χ4v) is 3.49. The van der Waals surface area contributed by atoms with E-state index in [1.54, 1.807) is 18.3 Å². The Bertz CT molecular complexity index is 868. The molecule has 0 saturated carbocycles. The van der Waals surface area contributed by atoms with Gasteiger partial charge in [-0.3, -0.25) is 9.36 Å². The Hall–Kier alpha value is -2.31. The van der Waals surface area contributed by atoms with Crippen molar-refractivity contribution in [1.82, 2.24) is 14.8 Å². The minimum Gasteiger partial charge on any atom is -0.315 e. The summed E-state index contributed by atoms with van der Waals surface area (Å²) in [5, 5.41) is 9.07. The molecule has 2 aromatic carbocycles. The number of rotatable bonds is 5. The first-order chi connectivity index (χ1) is 12.1. The summed E-state index contributed by atoms with van der Waals surface area (Å²) < 4.78 is 1.82. The number of halogens is 1. The number of nitrogens with zero attached hydrogens (tertiary/aromatic N) is 4. The fraction of sp³-hybridized carbons (Fsp3) is 0.167. The Morgan fingerprint density at radius 2 is 1.96 bits per heavy atom. The summed E-state index contributed by atoms with van der Waals surface area (Å²) >= 11 is 7.42. The van der Waals surface area contributed by atoms with Crippen LogP contribution in [0.4, 0.5) is 5.69 Å². The van der Waals surface area contributed by atoms with Crippen LogP contribution in [-0.2, 0) is 4.79 Å². The number of benzene rings is 2. The largest absolute Gasteiger partial charge is 0.315 e. The molecule has 0 fully saturated rings. The van der Waals surface area contributed by atoms with Crippen LogP contribution in [0.2, 0.25) is 5.02 Å². The summed E-state index contributed by atoms with van der Waals surface area (Å²) in [4.78, 5) is 14.3. The zero-order chi connectivity index (χ0) is 17.8. The third kappa shape index (κ3) is 4.03. The minimum absolute atomic E-state index is 0.00292. The second-order valence-corrected chi connectivity index (χ2v) is 7.20. The van der Waals surface area contributed by atoms with E-state index in [4.69, 9.17) is 11.6 Å². The van der Waals surface area contributed by atoms with Gasteiger partial charge in [0, 0.05) is 17.8 Å². The molecule has 0 radical (unpaired) electrons. The average molecular weight is 373 g/mol. The van der Waals surface area contributed by atoms with Gasteiger partial charge in [0.15, 0.2) is 5.16 Å². The molecule has 1 atom stereocenters. The average Bonchev–Trinajstić information content (AvgIpc) is 3.09. The van der Waals surface area contributed by atoms with Crippen molar-refractivity contribution in [1.29, 1.82) is 0 Å². The second kappa shape index (κ2) is 7.72. The molecule has 128 valence electrons. The number of hydrogen-bond acceptors (Lipinski definition) is 4. The van der Waals surface area contributed by atoms with Gasteiger partial charge in [-0.05, 0) is 37.3 Å². The van der Waals surface area contributed by atoms with E-state index in [9.17, 15) is 4.79 Å². The molecule has 3 rings (SSSR count). The van der Waals surface area contributed by atoms with Gasteiger partial charge >= 0.3 is 0 Å². The van der Waals surface area contributed by atoms with Crippen molar-refractivity contribution in [3.63, 3.8) is 0 Å². The monoisotopic (exact) mass is 372 g/mol. The molecule has 5 nitrogen and oxygen atoms in total. The van der Waals surface area contributed by atoms with E-state index < -0.39 is 0 Å². The Labute approximate surface area is 155 Å². The van der Waals surface area contributed by atoms with E-state index in [1.165, 1.54) is 11.8 Å². The van der Waals surface area contributed by atoms with Crippen LogP contribution in [0.25, 0.3) is 5.69 Å². The van der Waals surface area contributed by atoms with E-state index in [0.29, 0.717) is 10.2 Å². The molecule has 1 amide bonds. The lowest BCUT2D eigenvalue weighted by molar-refractivity contribution is -0.117. The maximum absolute atomic E-state index is 12.7. The van der Waals surface area contributed by atoms with Crippen LogP contribution in [0.15, 0.2) is 66.1 Å². The predicted octanol–water partition coefficient (Wildman–Crippen LogP) is 4.06. The van der Waals surface area contributed by atoms with Gasteiger partial charge in [0.25, 0.3) is 0 Å². The third-order valence-corrected chi connectivity index (χ3v) is 4.99. The third-order valence-electron chi connectivity index (χ3n) is 3.71. The Morgan fingerprint density at radius 3 is 2.68 bits per heavy atom. The lowest BCUT2D eigenvalue weighted by Gasteiger charge is -2.21. The molecule has 7 heteroatoms. The SMILES string of the molecule is C[C@@H](Sc1nncn1-c1cccc(Cl)c1)C(=O)N(C)c1ccccc1. The van der Waals surface area contributed by atoms with Crippen LogP contribution in [0, 0.1) is 0 Å². The zero-order valence-electron chi connectivity index (χ0n) is 13.8. The quantitative estimate of drug-likeness (QED) is 0.633. The van der Waals surface area contributed by atoms with Crippen molar-refractivity contribution < 1.29 is 4.79 Å². The molecular formula is C18H17ClN4OS. The van der Waals surface area contributed by atoms with Crippen LogP contribution in [0.5, 0.6) is 0 Å². The first kappa shape index (κ1) is 17.5. The Balaban J connectivity index is 1.77. The van der Waals surface area contributed by atoms with Crippen molar-refractivity contribution in [3.8, 4) is 5.69 Å². The van der Waals surface area contributed by atoms with Gasteiger partial charge in [-0.25, -0.2) is 0 Å². The zero-order valence-corrected chi connectivity index (χ0v) is 15.4. The molecule has 0 aliphatic rings. The van der Waals surface area contributed by atoms with Crippen LogP contribution < -0.4 is 4.90 Å². The Kier molecular flexibility index (Phi) is 5.40. The number of para-hydroxylation sites is 1.